The summed E-state index contributed by atoms with van der Waals surface area (Å²) in [6, 6.07) is 0. The van der Waals surface area contributed by atoms with Crippen molar-refractivity contribution >= 4 is 5.97 Å². The second kappa shape index (κ2) is 6.69. The zero-order chi connectivity index (χ0) is 11.9. The van der Waals surface area contributed by atoms with Crippen molar-refractivity contribution < 1.29 is 14.6 Å². The molecule has 0 saturated heterocycles. The minimum absolute atomic E-state index is 0.468. The van der Waals surface area contributed by atoms with E-state index in [-0.39, 0.29) is 0 Å². The fourth-order valence-corrected chi connectivity index (χ4v) is 2.23. The summed E-state index contributed by atoms with van der Waals surface area (Å²) in [7, 11) is 0. The first kappa shape index (κ1) is 13.2. The molecule has 1 fully saturated rings. The third-order valence-corrected chi connectivity index (χ3v) is 3.25. The summed E-state index contributed by atoms with van der Waals surface area (Å²) in [6.45, 7) is 4.09. The van der Waals surface area contributed by atoms with Crippen LogP contribution in [0.1, 0.15) is 51.4 Å². The van der Waals surface area contributed by atoms with Crippen LogP contribution in [0.4, 0.5) is 0 Å². The van der Waals surface area contributed by atoms with E-state index in [1.165, 1.54) is 6.42 Å². The van der Waals surface area contributed by atoms with Gasteiger partial charge in [0, 0.05) is 0 Å². The zero-order valence-corrected chi connectivity index (χ0v) is 9.91. The summed E-state index contributed by atoms with van der Waals surface area (Å²) in [5, 5.41) is 9.35. The first-order valence-corrected chi connectivity index (χ1v) is 6.19. The monoisotopic (exact) mass is 226 g/mol. The lowest BCUT2D eigenvalue weighted by molar-refractivity contribution is -0.169. The molecule has 3 heteroatoms. The van der Waals surface area contributed by atoms with Crippen LogP contribution in [0.25, 0.3) is 0 Å². The van der Waals surface area contributed by atoms with E-state index in [1.807, 2.05) is 0 Å². The second-order valence-electron chi connectivity index (χ2n) is 4.49. The molecule has 16 heavy (non-hydrogen) atoms. The molecule has 0 radical (unpaired) electrons. The van der Waals surface area contributed by atoms with Gasteiger partial charge in [0.2, 0.25) is 0 Å². The van der Waals surface area contributed by atoms with Gasteiger partial charge in [-0.15, -0.1) is 6.58 Å². The van der Waals surface area contributed by atoms with E-state index in [0.29, 0.717) is 19.4 Å². The number of rotatable bonds is 5. The summed E-state index contributed by atoms with van der Waals surface area (Å²) < 4.78 is 5.64. The second-order valence-corrected chi connectivity index (χ2v) is 4.49. The lowest BCUT2D eigenvalue weighted by Crippen LogP contribution is -2.42. The van der Waals surface area contributed by atoms with E-state index in [1.54, 1.807) is 6.08 Å². The minimum Gasteiger partial charge on any atom is -0.479 e. The van der Waals surface area contributed by atoms with Crippen LogP contribution in [0.3, 0.4) is 0 Å². The van der Waals surface area contributed by atoms with Gasteiger partial charge in [-0.3, -0.25) is 0 Å². The molecule has 0 unspecified atom stereocenters. The van der Waals surface area contributed by atoms with Crippen molar-refractivity contribution in [2.24, 2.45) is 0 Å². The van der Waals surface area contributed by atoms with Gasteiger partial charge in [-0.2, -0.15) is 0 Å². The van der Waals surface area contributed by atoms with Crippen LogP contribution in [-0.2, 0) is 9.53 Å². The summed E-state index contributed by atoms with van der Waals surface area (Å²) in [4.78, 5) is 11.4. The average Bonchev–Trinajstić information content (AvgIpc) is 2.21. The van der Waals surface area contributed by atoms with Crippen LogP contribution in [-0.4, -0.2) is 23.3 Å². The molecule has 0 amide bonds. The molecule has 1 N–H and O–H groups in total. The van der Waals surface area contributed by atoms with Crippen molar-refractivity contribution in [2.75, 3.05) is 6.61 Å². The predicted octanol–water partition coefficient (Wildman–Crippen LogP) is 3.15. The van der Waals surface area contributed by atoms with Crippen molar-refractivity contribution in [1.82, 2.24) is 0 Å². The fourth-order valence-electron chi connectivity index (χ4n) is 2.23. The van der Waals surface area contributed by atoms with Gasteiger partial charge in [0.15, 0.2) is 5.60 Å². The van der Waals surface area contributed by atoms with Crippen LogP contribution in [0.5, 0.6) is 0 Å². The van der Waals surface area contributed by atoms with E-state index in [9.17, 15) is 9.90 Å². The Morgan fingerprint density at radius 1 is 1.25 bits per heavy atom. The molecular formula is C13H22O3. The minimum atomic E-state index is -0.927. The molecule has 3 nitrogen and oxygen atoms in total. The Labute approximate surface area is 97.5 Å². The Balaban J connectivity index is 2.59. The number of ether oxygens (including phenoxy) is 1. The molecule has 0 spiro atoms. The van der Waals surface area contributed by atoms with Gasteiger partial charge in [-0.1, -0.05) is 25.3 Å². The first-order chi connectivity index (χ1) is 7.71. The molecule has 1 rings (SSSR count). The third-order valence-electron chi connectivity index (χ3n) is 3.25. The lowest BCUT2D eigenvalue weighted by atomic mass is 9.87. The summed E-state index contributed by atoms with van der Waals surface area (Å²) in [6.07, 6.45) is 9.18. The summed E-state index contributed by atoms with van der Waals surface area (Å²) in [5.41, 5.74) is -0.927. The molecule has 0 heterocycles. The molecule has 92 valence electrons. The standard InChI is InChI=1S/C13H22O3/c1-2-3-11-16-13(12(14)15)9-7-5-4-6-8-10-13/h2H,1,3-11H2,(H,14,15). The SMILES string of the molecule is C=CCCOC1(C(=O)O)CCCCCCC1. The molecule has 0 aromatic rings. The van der Waals surface area contributed by atoms with Crippen LogP contribution in [0, 0.1) is 0 Å². The number of hydrogen-bond donors (Lipinski definition) is 1. The van der Waals surface area contributed by atoms with Crippen LogP contribution >= 0.6 is 0 Å². The molecule has 1 aliphatic carbocycles. The summed E-state index contributed by atoms with van der Waals surface area (Å²) >= 11 is 0. The molecule has 0 bridgehead atoms. The Kier molecular flexibility index (Phi) is 5.53. The highest BCUT2D eigenvalue weighted by molar-refractivity contribution is 5.77. The van der Waals surface area contributed by atoms with Gasteiger partial charge >= 0.3 is 5.97 Å². The van der Waals surface area contributed by atoms with Crippen molar-refractivity contribution in [3.63, 3.8) is 0 Å². The zero-order valence-electron chi connectivity index (χ0n) is 9.91. The van der Waals surface area contributed by atoms with Crippen molar-refractivity contribution in [3.05, 3.63) is 12.7 Å². The topological polar surface area (TPSA) is 46.5 Å². The molecule has 0 atom stereocenters. The number of carboxylic acid groups (broad SMARTS) is 1. The van der Waals surface area contributed by atoms with Gasteiger partial charge in [-0.05, 0) is 32.1 Å². The number of carboxylic acids is 1. The number of aliphatic carboxylic acids is 1. The molecule has 0 aliphatic heterocycles. The normalized spacial score (nSPS) is 20.8. The van der Waals surface area contributed by atoms with Crippen molar-refractivity contribution in [3.8, 4) is 0 Å². The quantitative estimate of drug-likeness (QED) is 0.578. The fraction of sp³-hybridized carbons (Fsp3) is 0.769. The maximum atomic E-state index is 11.4. The Bertz CT molecular complexity index is 227. The van der Waals surface area contributed by atoms with Crippen LogP contribution in [0.15, 0.2) is 12.7 Å². The number of hydrogen-bond acceptors (Lipinski definition) is 2. The largest absolute Gasteiger partial charge is 0.479 e. The maximum Gasteiger partial charge on any atom is 0.335 e. The van der Waals surface area contributed by atoms with Crippen LogP contribution < -0.4 is 0 Å². The Hall–Kier alpha value is -0.830. The highest BCUT2D eigenvalue weighted by Crippen LogP contribution is 2.30. The van der Waals surface area contributed by atoms with E-state index in [0.717, 1.165) is 32.1 Å². The summed E-state index contributed by atoms with van der Waals surface area (Å²) in [5.74, 6) is -0.793. The van der Waals surface area contributed by atoms with Gasteiger partial charge in [-0.25, -0.2) is 4.79 Å². The van der Waals surface area contributed by atoms with E-state index >= 15 is 0 Å². The maximum absolute atomic E-state index is 11.4. The van der Waals surface area contributed by atoms with Crippen molar-refractivity contribution in [1.29, 1.82) is 0 Å². The molecule has 1 aliphatic rings. The molecule has 1 saturated carbocycles. The van der Waals surface area contributed by atoms with Gasteiger partial charge in [0.05, 0.1) is 6.61 Å². The molecule has 0 aromatic heterocycles. The van der Waals surface area contributed by atoms with E-state index < -0.39 is 11.6 Å². The first-order valence-electron chi connectivity index (χ1n) is 6.19. The van der Waals surface area contributed by atoms with Gasteiger partial charge in [0.1, 0.15) is 0 Å². The van der Waals surface area contributed by atoms with Gasteiger partial charge in [0.25, 0.3) is 0 Å². The Morgan fingerprint density at radius 2 is 1.81 bits per heavy atom. The van der Waals surface area contributed by atoms with E-state index in [2.05, 4.69) is 6.58 Å². The van der Waals surface area contributed by atoms with E-state index in [4.69, 9.17) is 4.74 Å². The smallest absolute Gasteiger partial charge is 0.335 e. The average molecular weight is 226 g/mol. The lowest BCUT2D eigenvalue weighted by Gasteiger charge is -2.31. The predicted molar refractivity (Wildman–Crippen MR) is 63.5 cm³/mol. The van der Waals surface area contributed by atoms with Crippen molar-refractivity contribution in [2.45, 2.75) is 57.0 Å². The highest BCUT2D eigenvalue weighted by atomic mass is 16.5. The van der Waals surface area contributed by atoms with Crippen LogP contribution in [0.2, 0.25) is 0 Å². The third kappa shape index (κ3) is 3.63. The highest BCUT2D eigenvalue weighted by Gasteiger charge is 2.38. The molecular weight excluding hydrogens is 204 g/mol. The molecule has 0 aromatic carbocycles. The Morgan fingerprint density at radius 3 is 2.31 bits per heavy atom. The number of carbonyl (C=O) groups is 1. The van der Waals surface area contributed by atoms with Gasteiger partial charge < -0.3 is 9.84 Å².